The van der Waals surface area contributed by atoms with Crippen LogP contribution < -0.4 is 10.6 Å². The van der Waals surface area contributed by atoms with Crippen LogP contribution in [0.4, 0.5) is 5.69 Å². The molecule has 1 aliphatic heterocycles. The van der Waals surface area contributed by atoms with Gasteiger partial charge in [0.2, 0.25) is 17.7 Å². The van der Waals surface area contributed by atoms with Crippen molar-refractivity contribution in [2.75, 3.05) is 18.4 Å². The topological polar surface area (TPSA) is 102 Å². The second-order valence-corrected chi connectivity index (χ2v) is 4.70. The maximum absolute atomic E-state index is 12.2. The molecule has 0 radical (unpaired) electrons. The van der Waals surface area contributed by atoms with Crippen LogP contribution in [0.3, 0.4) is 0 Å². The number of rotatable bonds is 3. The highest BCUT2D eigenvalue weighted by Gasteiger charge is 2.30. The van der Waals surface area contributed by atoms with E-state index in [1.807, 2.05) is 6.07 Å². The lowest BCUT2D eigenvalue weighted by Crippen LogP contribution is -2.56. The van der Waals surface area contributed by atoms with Crippen molar-refractivity contribution in [2.45, 2.75) is 13.0 Å². The zero-order chi connectivity index (χ0) is 15.4. The molecule has 1 unspecified atom stereocenters. The number of carbonyl (C=O) groups excluding carboxylic acids is 3. The standard InChI is InChI=1S/C14H14N4O3/c1-9(18-7-12(19)17-13(20)8-18)14(21)16-11-5-3-2-4-10(11)6-15/h2-5,9H,7-8H2,1H3,(H,16,21)(H,17,19,20). The number of nitrogens with one attached hydrogen (secondary N) is 2. The first-order valence-electron chi connectivity index (χ1n) is 6.38. The summed E-state index contributed by atoms with van der Waals surface area (Å²) in [4.78, 5) is 36.3. The summed E-state index contributed by atoms with van der Waals surface area (Å²) in [6, 6.07) is 7.95. The minimum Gasteiger partial charge on any atom is -0.324 e. The normalized spacial score (nSPS) is 16.8. The Labute approximate surface area is 121 Å². The molecule has 2 rings (SSSR count). The minimum atomic E-state index is -0.660. The predicted octanol–water partition coefficient (Wildman–Crippen LogP) is -0.156. The van der Waals surface area contributed by atoms with Crippen molar-refractivity contribution < 1.29 is 14.4 Å². The van der Waals surface area contributed by atoms with Crippen LogP contribution in [0.5, 0.6) is 0 Å². The summed E-state index contributed by atoms with van der Waals surface area (Å²) in [5.74, 6) is -1.23. The van der Waals surface area contributed by atoms with Gasteiger partial charge in [-0.15, -0.1) is 0 Å². The van der Waals surface area contributed by atoms with Gasteiger partial charge in [-0.05, 0) is 19.1 Å². The van der Waals surface area contributed by atoms with Gasteiger partial charge in [-0.2, -0.15) is 5.26 Å². The number of hydrogen-bond acceptors (Lipinski definition) is 5. The molecule has 0 saturated carbocycles. The first kappa shape index (κ1) is 14.7. The van der Waals surface area contributed by atoms with E-state index >= 15 is 0 Å². The fourth-order valence-corrected chi connectivity index (χ4v) is 2.03. The van der Waals surface area contributed by atoms with Crippen LogP contribution in [0.15, 0.2) is 24.3 Å². The third kappa shape index (κ3) is 3.43. The highest BCUT2D eigenvalue weighted by atomic mass is 16.2. The lowest BCUT2D eigenvalue weighted by molar-refractivity contribution is -0.138. The van der Waals surface area contributed by atoms with Crippen molar-refractivity contribution in [3.63, 3.8) is 0 Å². The smallest absolute Gasteiger partial charge is 0.241 e. The van der Waals surface area contributed by atoms with E-state index in [1.54, 1.807) is 31.2 Å². The summed E-state index contributed by atoms with van der Waals surface area (Å²) in [6.45, 7) is 1.58. The van der Waals surface area contributed by atoms with Crippen molar-refractivity contribution in [1.82, 2.24) is 10.2 Å². The Morgan fingerprint density at radius 2 is 1.95 bits per heavy atom. The number of anilines is 1. The number of para-hydroxylation sites is 1. The van der Waals surface area contributed by atoms with Gasteiger partial charge in [0.15, 0.2) is 0 Å². The molecule has 1 saturated heterocycles. The van der Waals surface area contributed by atoms with Crippen LogP contribution in [0.25, 0.3) is 0 Å². The van der Waals surface area contributed by atoms with Gasteiger partial charge in [-0.25, -0.2) is 0 Å². The van der Waals surface area contributed by atoms with Crippen LogP contribution in [-0.2, 0) is 14.4 Å². The van der Waals surface area contributed by atoms with Crippen molar-refractivity contribution in [2.24, 2.45) is 0 Å². The maximum Gasteiger partial charge on any atom is 0.241 e. The van der Waals surface area contributed by atoms with E-state index in [2.05, 4.69) is 10.6 Å². The number of imide groups is 1. The van der Waals surface area contributed by atoms with E-state index in [0.29, 0.717) is 11.3 Å². The van der Waals surface area contributed by atoms with Crippen molar-refractivity contribution in [1.29, 1.82) is 5.26 Å². The second-order valence-electron chi connectivity index (χ2n) is 4.70. The van der Waals surface area contributed by atoms with Crippen LogP contribution in [0, 0.1) is 11.3 Å². The number of piperazine rings is 1. The largest absolute Gasteiger partial charge is 0.324 e. The fourth-order valence-electron chi connectivity index (χ4n) is 2.03. The Kier molecular flexibility index (Phi) is 4.30. The van der Waals surface area contributed by atoms with Gasteiger partial charge in [0.05, 0.1) is 30.4 Å². The summed E-state index contributed by atoms with van der Waals surface area (Å²) < 4.78 is 0. The molecule has 1 atom stereocenters. The molecule has 108 valence electrons. The van der Waals surface area contributed by atoms with Crippen molar-refractivity contribution >= 4 is 23.4 Å². The Morgan fingerprint density at radius 1 is 1.33 bits per heavy atom. The van der Waals surface area contributed by atoms with E-state index in [-0.39, 0.29) is 19.0 Å². The number of nitriles is 1. The third-order valence-corrected chi connectivity index (χ3v) is 3.20. The molecule has 0 bridgehead atoms. The molecular formula is C14H14N4O3. The molecule has 1 fully saturated rings. The van der Waals surface area contributed by atoms with Crippen LogP contribution >= 0.6 is 0 Å². The van der Waals surface area contributed by atoms with Crippen molar-refractivity contribution in [3.8, 4) is 6.07 Å². The van der Waals surface area contributed by atoms with Gasteiger partial charge in [-0.3, -0.25) is 24.6 Å². The number of amides is 3. The molecular weight excluding hydrogens is 272 g/mol. The Balaban J connectivity index is 2.08. The van der Waals surface area contributed by atoms with Crippen molar-refractivity contribution in [3.05, 3.63) is 29.8 Å². The molecule has 0 spiro atoms. The number of hydrogen-bond donors (Lipinski definition) is 2. The molecule has 7 heteroatoms. The van der Waals surface area contributed by atoms with E-state index in [1.165, 1.54) is 4.90 Å². The summed E-state index contributed by atoms with van der Waals surface area (Å²) in [5.41, 5.74) is 0.759. The molecule has 3 amide bonds. The molecule has 1 heterocycles. The van der Waals surface area contributed by atoms with Gasteiger partial charge in [-0.1, -0.05) is 12.1 Å². The molecule has 1 aromatic carbocycles. The molecule has 0 aliphatic carbocycles. The van der Waals surface area contributed by atoms with Crippen LogP contribution in [0.2, 0.25) is 0 Å². The third-order valence-electron chi connectivity index (χ3n) is 3.20. The van der Waals surface area contributed by atoms with Crippen LogP contribution in [0.1, 0.15) is 12.5 Å². The zero-order valence-electron chi connectivity index (χ0n) is 11.4. The van der Waals surface area contributed by atoms with Gasteiger partial charge in [0.25, 0.3) is 0 Å². The summed E-state index contributed by atoms with van der Waals surface area (Å²) in [6.07, 6.45) is 0. The fraction of sp³-hybridized carbons (Fsp3) is 0.286. The Bertz CT molecular complexity index is 619. The Morgan fingerprint density at radius 3 is 2.57 bits per heavy atom. The van der Waals surface area contributed by atoms with E-state index < -0.39 is 17.9 Å². The highest BCUT2D eigenvalue weighted by Crippen LogP contribution is 2.15. The zero-order valence-corrected chi connectivity index (χ0v) is 11.4. The minimum absolute atomic E-state index is 0.0137. The van der Waals surface area contributed by atoms with Crippen LogP contribution in [-0.4, -0.2) is 41.8 Å². The lowest BCUT2D eigenvalue weighted by Gasteiger charge is -2.30. The van der Waals surface area contributed by atoms with E-state index in [9.17, 15) is 14.4 Å². The average Bonchev–Trinajstić information content (AvgIpc) is 2.46. The SMILES string of the molecule is CC(C(=O)Nc1ccccc1C#N)N1CC(=O)NC(=O)C1. The number of carbonyl (C=O) groups is 3. The highest BCUT2D eigenvalue weighted by molar-refractivity contribution is 6.01. The number of benzene rings is 1. The maximum atomic E-state index is 12.2. The molecule has 7 nitrogen and oxygen atoms in total. The summed E-state index contributed by atoms with van der Waals surface area (Å²) in [5, 5.41) is 13.8. The first-order valence-corrected chi connectivity index (χ1v) is 6.38. The Hall–Kier alpha value is -2.72. The van der Waals surface area contributed by atoms with E-state index in [0.717, 1.165) is 0 Å². The lowest BCUT2D eigenvalue weighted by atomic mass is 10.1. The van der Waals surface area contributed by atoms with Gasteiger partial charge < -0.3 is 5.32 Å². The van der Waals surface area contributed by atoms with Gasteiger partial charge in [0.1, 0.15) is 6.07 Å². The second kappa shape index (κ2) is 6.15. The van der Waals surface area contributed by atoms with E-state index in [4.69, 9.17) is 5.26 Å². The average molecular weight is 286 g/mol. The summed E-state index contributed by atoms with van der Waals surface area (Å²) in [7, 11) is 0. The monoisotopic (exact) mass is 286 g/mol. The molecule has 2 N–H and O–H groups in total. The molecule has 1 aromatic rings. The molecule has 1 aliphatic rings. The predicted molar refractivity (Wildman–Crippen MR) is 74.0 cm³/mol. The number of nitrogens with zero attached hydrogens (tertiary/aromatic N) is 2. The summed E-state index contributed by atoms with van der Waals surface area (Å²) >= 11 is 0. The van der Waals surface area contributed by atoms with Gasteiger partial charge in [0, 0.05) is 0 Å². The van der Waals surface area contributed by atoms with Gasteiger partial charge >= 0.3 is 0 Å². The quantitative estimate of drug-likeness (QED) is 0.752. The first-order chi connectivity index (χ1) is 10.0. The molecule has 0 aromatic heterocycles. The molecule has 21 heavy (non-hydrogen) atoms.